The Morgan fingerprint density at radius 3 is 2.52 bits per heavy atom. The van der Waals surface area contributed by atoms with E-state index in [0.29, 0.717) is 24.7 Å². The number of terminal acetylenes is 1. The third-order valence-electron chi connectivity index (χ3n) is 4.67. The molecule has 2 aromatic rings. The molecule has 9 heteroatoms. The molecule has 0 bridgehead atoms. The van der Waals surface area contributed by atoms with Crippen LogP contribution in [0.4, 0.5) is 28.9 Å². The molecule has 1 atom stereocenters. The Bertz CT molecular complexity index is 1010. The number of aryl methyl sites for hydroxylation is 1. The van der Waals surface area contributed by atoms with Gasteiger partial charge >= 0.3 is 6.18 Å². The number of aliphatic hydroxyl groups excluding tert-OH is 1. The molecule has 176 valence electrons. The van der Waals surface area contributed by atoms with E-state index in [1.807, 2.05) is 13.8 Å². The Labute approximate surface area is 190 Å². The fraction of sp³-hybridized carbons (Fsp3) is 0.333. The van der Waals surface area contributed by atoms with Crippen LogP contribution < -0.4 is 10.2 Å². The number of hydrogen-bond donors (Lipinski definition) is 2. The van der Waals surface area contributed by atoms with Crippen LogP contribution in [0.25, 0.3) is 0 Å². The van der Waals surface area contributed by atoms with E-state index < -0.39 is 29.3 Å². The maximum atomic E-state index is 13.4. The minimum Gasteiger partial charge on any atom is -0.381 e. The fourth-order valence-electron chi connectivity index (χ4n) is 3.30. The number of nitriles is 1. The number of aliphatic hydroxyl groups is 1. The topological polar surface area (TPSA) is 76.4 Å². The van der Waals surface area contributed by atoms with E-state index >= 15 is 0 Å². The molecular formula is C24H25F4N3O2. The van der Waals surface area contributed by atoms with Gasteiger partial charge in [-0.1, -0.05) is 13.8 Å². The van der Waals surface area contributed by atoms with E-state index in [4.69, 9.17) is 5.26 Å². The van der Waals surface area contributed by atoms with Crippen molar-refractivity contribution in [3.8, 4) is 18.9 Å². The van der Waals surface area contributed by atoms with Crippen LogP contribution in [-0.4, -0.2) is 30.2 Å². The smallest absolute Gasteiger partial charge is 0.381 e. The van der Waals surface area contributed by atoms with Gasteiger partial charge in [0.05, 0.1) is 23.7 Å². The van der Waals surface area contributed by atoms with Crippen molar-refractivity contribution in [3.63, 3.8) is 0 Å². The summed E-state index contributed by atoms with van der Waals surface area (Å²) < 4.78 is 52.5. The number of β-amino-alcohol motifs (C(OH)–C–C–N with tert-alkyl or cyclic N) is 1. The number of carbonyl (C=O) groups is 1. The molecular weight excluding hydrogens is 438 g/mol. The number of halogens is 4. The summed E-state index contributed by atoms with van der Waals surface area (Å²) in [5.74, 6) is -1.25. The van der Waals surface area contributed by atoms with Crippen molar-refractivity contribution in [2.75, 3.05) is 23.3 Å². The summed E-state index contributed by atoms with van der Waals surface area (Å²) in [6.07, 6.45) is 3.13. The zero-order chi connectivity index (χ0) is 25.2. The van der Waals surface area contributed by atoms with E-state index in [1.165, 1.54) is 18.2 Å². The molecule has 0 aromatic heterocycles. The number of alkyl halides is 3. The van der Waals surface area contributed by atoms with Crippen molar-refractivity contribution in [3.05, 3.63) is 58.9 Å². The van der Waals surface area contributed by atoms with Crippen LogP contribution >= 0.6 is 0 Å². The lowest BCUT2D eigenvalue weighted by molar-refractivity contribution is -0.137. The molecule has 0 spiro atoms. The summed E-state index contributed by atoms with van der Waals surface area (Å²) in [5.41, 5.74) is -0.429. The van der Waals surface area contributed by atoms with Crippen molar-refractivity contribution in [1.29, 1.82) is 5.26 Å². The molecule has 1 amide bonds. The maximum Gasteiger partial charge on any atom is 0.417 e. The number of nitrogens with zero attached hydrogens (tertiary/aromatic N) is 2. The van der Waals surface area contributed by atoms with Gasteiger partial charge < -0.3 is 15.3 Å². The van der Waals surface area contributed by atoms with E-state index in [0.717, 1.165) is 24.1 Å². The average molecular weight is 463 g/mol. The zero-order valence-electron chi connectivity index (χ0n) is 18.3. The van der Waals surface area contributed by atoms with Crippen molar-refractivity contribution < 1.29 is 27.5 Å². The van der Waals surface area contributed by atoms with Gasteiger partial charge in [-0.3, -0.25) is 4.79 Å². The number of nitrogens with one attached hydrogen (secondary N) is 1. The highest BCUT2D eigenvalue weighted by Crippen LogP contribution is 2.33. The molecule has 2 N–H and O–H groups in total. The van der Waals surface area contributed by atoms with Gasteiger partial charge in [0.15, 0.2) is 6.10 Å². The number of benzene rings is 2. The molecule has 0 saturated heterocycles. The lowest BCUT2D eigenvalue weighted by Gasteiger charge is -2.32. The third-order valence-corrected chi connectivity index (χ3v) is 4.67. The largest absolute Gasteiger partial charge is 0.417 e. The van der Waals surface area contributed by atoms with Crippen LogP contribution in [0.5, 0.6) is 0 Å². The Morgan fingerprint density at radius 2 is 1.91 bits per heavy atom. The van der Waals surface area contributed by atoms with Gasteiger partial charge in [-0.25, -0.2) is 4.39 Å². The number of anilines is 2. The molecule has 1 aliphatic rings. The molecule has 2 aromatic carbocycles. The quantitative estimate of drug-likeness (QED) is 0.507. The highest BCUT2D eigenvalue weighted by Gasteiger charge is 2.34. The summed E-state index contributed by atoms with van der Waals surface area (Å²) in [4.78, 5) is 14.0. The first-order valence-corrected chi connectivity index (χ1v) is 10.2. The first-order valence-electron chi connectivity index (χ1n) is 10.2. The Balaban J connectivity index is 0.00000129. The Hall–Kier alpha value is -3.56. The number of hydrogen-bond acceptors (Lipinski definition) is 4. The summed E-state index contributed by atoms with van der Waals surface area (Å²) in [5, 5.41) is 21.3. The lowest BCUT2D eigenvalue weighted by Crippen LogP contribution is -2.42. The Kier molecular flexibility index (Phi) is 10.4. The second kappa shape index (κ2) is 12.5. The molecule has 0 radical (unpaired) electrons. The van der Waals surface area contributed by atoms with Crippen LogP contribution in [0.2, 0.25) is 0 Å². The van der Waals surface area contributed by atoms with Crippen molar-refractivity contribution in [2.24, 2.45) is 0 Å². The zero-order valence-corrected chi connectivity index (χ0v) is 18.3. The van der Waals surface area contributed by atoms with E-state index in [1.54, 1.807) is 11.0 Å². The summed E-state index contributed by atoms with van der Waals surface area (Å²) in [6, 6.07) is 8.51. The molecule has 5 nitrogen and oxygen atoms in total. The van der Waals surface area contributed by atoms with Crippen LogP contribution in [0.1, 0.15) is 37.0 Å². The highest BCUT2D eigenvalue weighted by atomic mass is 19.4. The second-order valence-electron chi connectivity index (χ2n) is 6.70. The van der Waals surface area contributed by atoms with E-state index in [9.17, 15) is 27.5 Å². The molecule has 1 aliphatic heterocycles. The molecule has 3 rings (SSSR count). The second-order valence-corrected chi connectivity index (χ2v) is 6.70. The van der Waals surface area contributed by atoms with Gasteiger partial charge in [-0.2, -0.15) is 18.4 Å². The molecule has 0 aliphatic carbocycles. The number of amides is 1. The van der Waals surface area contributed by atoms with Crippen LogP contribution in [0.3, 0.4) is 0 Å². The predicted octanol–water partition coefficient (Wildman–Crippen LogP) is 4.74. The number of rotatable bonds is 4. The van der Waals surface area contributed by atoms with Gasteiger partial charge in [-0.15, -0.1) is 12.8 Å². The van der Waals surface area contributed by atoms with Gasteiger partial charge in [0.1, 0.15) is 5.82 Å². The minimum atomic E-state index is -4.75. The Morgan fingerprint density at radius 1 is 1.24 bits per heavy atom. The first-order chi connectivity index (χ1) is 15.7. The molecule has 1 heterocycles. The third kappa shape index (κ3) is 7.23. The van der Waals surface area contributed by atoms with Crippen LogP contribution in [0.15, 0.2) is 36.4 Å². The van der Waals surface area contributed by atoms with Crippen LogP contribution in [-0.2, 0) is 17.4 Å². The summed E-state index contributed by atoms with van der Waals surface area (Å²) in [7, 11) is 0. The SMILES string of the molecule is C#C.CC.N#Cc1ccc(NC(=O)[C@@H](O)CN2CCCc3cc(F)ccc32)cc1C(F)(F)F. The molecule has 33 heavy (non-hydrogen) atoms. The fourth-order valence-corrected chi connectivity index (χ4v) is 3.30. The van der Waals surface area contributed by atoms with Gasteiger partial charge in [0.25, 0.3) is 5.91 Å². The molecule has 0 saturated carbocycles. The summed E-state index contributed by atoms with van der Waals surface area (Å²) >= 11 is 0. The number of fused-ring (bicyclic) bond motifs is 1. The van der Waals surface area contributed by atoms with Crippen molar-refractivity contribution in [2.45, 2.75) is 39.0 Å². The van der Waals surface area contributed by atoms with Crippen molar-refractivity contribution >= 4 is 17.3 Å². The highest BCUT2D eigenvalue weighted by molar-refractivity contribution is 5.94. The van der Waals surface area contributed by atoms with Crippen LogP contribution in [0, 0.1) is 30.0 Å². The first kappa shape index (κ1) is 27.5. The normalized spacial score (nSPS) is 13.2. The standard InChI is InChI=1S/C20H17F4N3O2.C2H6.C2H2/c21-14-4-6-17-12(8-14)2-1-7-27(17)11-18(28)19(29)26-15-5-3-13(10-25)16(9-15)20(22,23)24;2*1-2/h3-6,8-9,18,28H,1-2,7,11H2,(H,26,29);1-2H3;1-2H/t18-;;/m0../s1. The van der Waals surface area contributed by atoms with Gasteiger partial charge in [0, 0.05) is 17.9 Å². The monoisotopic (exact) mass is 463 g/mol. The maximum absolute atomic E-state index is 13.4. The average Bonchev–Trinajstić information content (AvgIpc) is 2.81. The van der Waals surface area contributed by atoms with Crippen molar-refractivity contribution in [1.82, 2.24) is 0 Å². The number of carbonyl (C=O) groups excluding carboxylic acids is 1. The van der Waals surface area contributed by atoms with Gasteiger partial charge in [-0.05, 0) is 54.8 Å². The van der Waals surface area contributed by atoms with E-state index in [2.05, 4.69) is 18.2 Å². The molecule has 0 unspecified atom stereocenters. The van der Waals surface area contributed by atoms with E-state index in [-0.39, 0.29) is 18.0 Å². The minimum absolute atomic E-state index is 0.0904. The molecule has 0 fully saturated rings. The summed E-state index contributed by atoms with van der Waals surface area (Å²) in [6.45, 7) is 4.46. The van der Waals surface area contributed by atoms with Gasteiger partial charge in [0.2, 0.25) is 0 Å². The predicted molar refractivity (Wildman–Crippen MR) is 119 cm³/mol. The lowest BCUT2D eigenvalue weighted by atomic mass is 10.0.